The molecule has 1 heterocycles. The van der Waals surface area contributed by atoms with E-state index in [-0.39, 0.29) is 0 Å². The van der Waals surface area contributed by atoms with Gasteiger partial charge in [0, 0.05) is 11.6 Å². The Bertz CT molecular complexity index is 561. The highest BCUT2D eigenvalue weighted by molar-refractivity contribution is 7.84. The predicted molar refractivity (Wildman–Crippen MR) is 73.0 cm³/mol. The van der Waals surface area contributed by atoms with Gasteiger partial charge in [-0.25, -0.2) is 0 Å². The Labute approximate surface area is 101 Å². The molecule has 2 aromatic rings. The predicted octanol–water partition coefficient (Wildman–Crippen LogP) is 3.66. The first-order chi connectivity index (χ1) is 7.58. The molecular formula is C13H14N2S. The second-order valence-electron chi connectivity index (χ2n) is 3.91. The van der Waals surface area contributed by atoms with Gasteiger partial charge in [0.25, 0.3) is 0 Å². The molecule has 0 unspecified atom stereocenters. The van der Waals surface area contributed by atoms with Crippen molar-refractivity contribution in [3.05, 3.63) is 47.1 Å². The van der Waals surface area contributed by atoms with Crippen LogP contribution in [0.3, 0.4) is 0 Å². The number of pyridine rings is 1. The molecule has 0 spiro atoms. The molecule has 0 atom stereocenters. The SMILES string of the molecule is C=C(S)Nc1c(C)ccc2cc(C)cnc12. The molecule has 0 saturated heterocycles. The first-order valence-corrected chi connectivity index (χ1v) is 5.53. The van der Waals surface area contributed by atoms with Gasteiger partial charge in [-0.15, -0.1) is 12.6 Å². The maximum absolute atomic E-state index is 4.46. The van der Waals surface area contributed by atoms with Crippen LogP contribution < -0.4 is 5.32 Å². The Hall–Kier alpha value is -1.48. The minimum atomic E-state index is 0.623. The number of thiol groups is 1. The number of aryl methyl sites for hydroxylation is 2. The molecule has 2 rings (SSSR count). The fraction of sp³-hybridized carbons (Fsp3) is 0.154. The van der Waals surface area contributed by atoms with E-state index in [1.165, 1.54) is 0 Å². The van der Waals surface area contributed by atoms with E-state index in [0.717, 1.165) is 27.7 Å². The lowest BCUT2D eigenvalue weighted by Gasteiger charge is -2.11. The molecule has 0 aliphatic heterocycles. The van der Waals surface area contributed by atoms with Gasteiger partial charge >= 0.3 is 0 Å². The van der Waals surface area contributed by atoms with Crippen LogP contribution in [-0.4, -0.2) is 4.98 Å². The Morgan fingerprint density at radius 1 is 1.38 bits per heavy atom. The van der Waals surface area contributed by atoms with Crippen LogP contribution >= 0.6 is 12.6 Å². The summed E-state index contributed by atoms with van der Waals surface area (Å²) in [5.41, 5.74) is 4.24. The van der Waals surface area contributed by atoms with Gasteiger partial charge < -0.3 is 5.32 Å². The van der Waals surface area contributed by atoms with Crippen LogP contribution in [0.1, 0.15) is 11.1 Å². The van der Waals surface area contributed by atoms with Crippen LogP contribution in [0.2, 0.25) is 0 Å². The lowest BCUT2D eigenvalue weighted by molar-refractivity contribution is 1.32. The molecule has 3 heteroatoms. The third-order valence-corrected chi connectivity index (χ3v) is 2.58. The van der Waals surface area contributed by atoms with Crippen molar-refractivity contribution in [2.75, 3.05) is 5.32 Å². The minimum absolute atomic E-state index is 0.623. The van der Waals surface area contributed by atoms with E-state index >= 15 is 0 Å². The summed E-state index contributed by atoms with van der Waals surface area (Å²) in [5, 5.41) is 4.89. The summed E-state index contributed by atoms with van der Waals surface area (Å²) in [6.45, 7) is 7.82. The van der Waals surface area contributed by atoms with E-state index in [1.54, 1.807) is 0 Å². The molecule has 0 saturated carbocycles. The standard InChI is InChI=1S/C13H14N2S/c1-8-6-11-5-4-9(2)12(15-10(3)16)13(11)14-7-8/h4-7,15-16H,3H2,1-2H3. The van der Waals surface area contributed by atoms with Crippen molar-refractivity contribution in [1.29, 1.82) is 0 Å². The first kappa shape index (κ1) is 11.0. The molecule has 82 valence electrons. The molecule has 0 aliphatic rings. The number of nitrogens with zero attached hydrogens (tertiary/aromatic N) is 1. The van der Waals surface area contributed by atoms with Gasteiger partial charge in [-0.2, -0.15) is 0 Å². The maximum Gasteiger partial charge on any atom is 0.0939 e. The molecule has 0 aliphatic carbocycles. The van der Waals surface area contributed by atoms with Gasteiger partial charge in [-0.3, -0.25) is 4.98 Å². The van der Waals surface area contributed by atoms with E-state index in [4.69, 9.17) is 0 Å². The number of rotatable bonds is 2. The fourth-order valence-electron chi connectivity index (χ4n) is 1.71. The summed E-state index contributed by atoms with van der Waals surface area (Å²) in [7, 11) is 0. The average Bonchev–Trinajstić information content (AvgIpc) is 2.22. The van der Waals surface area contributed by atoms with Crippen LogP contribution in [0.25, 0.3) is 10.9 Å². The summed E-state index contributed by atoms with van der Waals surface area (Å²) in [6.07, 6.45) is 1.87. The van der Waals surface area contributed by atoms with Crippen molar-refractivity contribution >= 4 is 29.2 Å². The normalized spacial score (nSPS) is 10.4. The Morgan fingerprint density at radius 3 is 2.81 bits per heavy atom. The van der Waals surface area contributed by atoms with Crippen LogP contribution in [0, 0.1) is 13.8 Å². The van der Waals surface area contributed by atoms with Gasteiger partial charge in [0.15, 0.2) is 0 Å². The molecule has 0 amide bonds. The van der Waals surface area contributed by atoms with Crippen molar-refractivity contribution in [3.63, 3.8) is 0 Å². The summed E-state index contributed by atoms with van der Waals surface area (Å²) in [5.74, 6) is 0. The highest BCUT2D eigenvalue weighted by Gasteiger charge is 2.06. The first-order valence-electron chi connectivity index (χ1n) is 5.09. The topological polar surface area (TPSA) is 24.9 Å². The highest BCUT2D eigenvalue weighted by atomic mass is 32.1. The molecule has 0 radical (unpaired) electrons. The van der Waals surface area contributed by atoms with Gasteiger partial charge in [-0.05, 0) is 31.0 Å². The van der Waals surface area contributed by atoms with Gasteiger partial charge in [0.1, 0.15) is 0 Å². The minimum Gasteiger partial charge on any atom is -0.349 e. The number of hydrogen-bond donors (Lipinski definition) is 2. The van der Waals surface area contributed by atoms with Crippen molar-refractivity contribution in [2.24, 2.45) is 0 Å². The largest absolute Gasteiger partial charge is 0.349 e. The number of nitrogens with one attached hydrogen (secondary N) is 1. The molecule has 1 aromatic carbocycles. The number of fused-ring (bicyclic) bond motifs is 1. The second-order valence-corrected chi connectivity index (χ2v) is 4.45. The molecular weight excluding hydrogens is 216 g/mol. The van der Waals surface area contributed by atoms with Crippen molar-refractivity contribution in [1.82, 2.24) is 4.98 Å². The number of anilines is 1. The monoisotopic (exact) mass is 230 g/mol. The van der Waals surface area contributed by atoms with E-state index in [1.807, 2.05) is 20.0 Å². The third-order valence-electron chi connectivity index (χ3n) is 2.47. The van der Waals surface area contributed by atoms with Crippen LogP contribution in [0.4, 0.5) is 5.69 Å². The Kier molecular flexibility index (Phi) is 2.88. The summed E-state index contributed by atoms with van der Waals surface area (Å²) >= 11 is 4.17. The lowest BCUT2D eigenvalue weighted by atomic mass is 10.1. The summed E-state index contributed by atoms with van der Waals surface area (Å²) in [6, 6.07) is 6.27. The smallest absolute Gasteiger partial charge is 0.0939 e. The zero-order chi connectivity index (χ0) is 11.7. The van der Waals surface area contributed by atoms with Gasteiger partial charge in [-0.1, -0.05) is 18.7 Å². The molecule has 1 aromatic heterocycles. The van der Waals surface area contributed by atoms with Gasteiger partial charge in [0.2, 0.25) is 0 Å². The molecule has 16 heavy (non-hydrogen) atoms. The quantitative estimate of drug-likeness (QED) is 0.770. The molecule has 1 N–H and O–H groups in total. The fourth-order valence-corrected chi connectivity index (χ4v) is 1.83. The lowest BCUT2D eigenvalue weighted by Crippen LogP contribution is -1.97. The molecule has 0 fully saturated rings. The van der Waals surface area contributed by atoms with E-state index in [0.29, 0.717) is 5.03 Å². The molecule has 2 nitrogen and oxygen atoms in total. The second kappa shape index (κ2) is 4.18. The molecule has 0 bridgehead atoms. The van der Waals surface area contributed by atoms with Crippen molar-refractivity contribution in [2.45, 2.75) is 13.8 Å². The highest BCUT2D eigenvalue weighted by Crippen LogP contribution is 2.27. The zero-order valence-electron chi connectivity index (χ0n) is 9.41. The van der Waals surface area contributed by atoms with E-state index in [2.05, 4.69) is 47.7 Å². The zero-order valence-corrected chi connectivity index (χ0v) is 10.3. The number of benzene rings is 1. The summed E-state index contributed by atoms with van der Waals surface area (Å²) < 4.78 is 0. The van der Waals surface area contributed by atoms with Crippen LogP contribution in [0.15, 0.2) is 36.0 Å². The van der Waals surface area contributed by atoms with Crippen LogP contribution in [-0.2, 0) is 0 Å². The third kappa shape index (κ3) is 2.04. The number of hydrogen-bond acceptors (Lipinski definition) is 3. The van der Waals surface area contributed by atoms with Gasteiger partial charge in [0.05, 0.1) is 16.2 Å². The number of aromatic nitrogens is 1. The summed E-state index contributed by atoms with van der Waals surface area (Å²) in [4.78, 5) is 4.46. The van der Waals surface area contributed by atoms with Crippen molar-refractivity contribution in [3.8, 4) is 0 Å². The maximum atomic E-state index is 4.46. The van der Waals surface area contributed by atoms with E-state index in [9.17, 15) is 0 Å². The average molecular weight is 230 g/mol. The van der Waals surface area contributed by atoms with Crippen LogP contribution in [0.5, 0.6) is 0 Å². The van der Waals surface area contributed by atoms with E-state index < -0.39 is 0 Å². The Morgan fingerprint density at radius 2 is 2.12 bits per heavy atom. The Balaban J connectivity index is 2.69. The van der Waals surface area contributed by atoms with Crippen molar-refractivity contribution < 1.29 is 0 Å².